The zero-order valence-electron chi connectivity index (χ0n) is 24.8. The number of piperazine rings is 1. The third-order valence-electron chi connectivity index (χ3n) is 7.85. The highest BCUT2D eigenvalue weighted by atomic mass is 32.2. The first-order chi connectivity index (χ1) is 19.8. The molecule has 2 aromatic carbocycles. The van der Waals surface area contributed by atoms with Crippen LogP contribution < -0.4 is 4.90 Å². The average Bonchev–Trinajstić information content (AvgIpc) is 3.57. The van der Waals surface area contributed by atoms with Crippen molar-refractivity contribution in [2.45, 2.75) is 50.5 Å². The van der Waals surface area contributed by atoms with Gasteiger partial charge in [-0.25, -0.2) is 13.4 Å². The third kappa shape index (κ3) is 6.29. The van der Waals surface area contributed by atoms with E-state index in [-0.39, 0.29) is 17.2 Å². The summed E-state index contributed by atoms with van der Waals surface area (Å²) in [7, 11) is 0.0278. The van der Waals surface area contributed by atoms with Crippen molar-refractivity contribution >= 4 is 38.4 Å². The van der Waals surface area contributed by atoms with Crippen molar-refractivity contribution in [2.75, 3.05) is 45.2 Å². The van der Waals surface area contributed by atoms with Gasteiger partial charge in [-0.1, -0.05) is 36.4 Å². The third-order valence-corrected chi connectivity index (χ3v) is 10.7. The molecule has 0 saturated carbocycles. The summed E-state index contributed by atoms with van der Waals surface area (Å²) in [4.78, 5) is 35.8. The molecule has 2 heterocycles. The van der Waals surface area contributed by atoms with Gasteiger partial charge < -0.3 is 9.64 Å². The smallest absolute Gasteiger partial charge is 0.307 e. The van der Waals surface area contributed by atoms with Crippen LogP contribution in [-0.2, 0) is 37.2 Å². The molecule has 2 aliphatic rings. The number of anilines is 1. The summed E-state index contributed by atoms with van der Waals surface area (Å²) < 4.78 is 33.8. The van der Waals surface area contributed by atoms with Crippen molar-refractivity contribution in [1.29, 1.82) is 0 Å². The van der Waals surface area contributed by atoms with Gasteiger partial charge in [0.1, 0.15) is 5.60 Å². The maximum absolute atomic E-state index is 14.2. The number of thiazole rings is 1. The Morgan fingerprint density at radius 2 is 1.67 bits per heavy atom. The summed E-state index contributed by atoms with van der Waals surface area (Å²) in [5.41, 5.74) is 1.71. The minimum Gasteiger partial charge on any atom is -0.460 e. The fourth-order valence-electron chi connectivity index (χ4n) is 5.69. The van der Waals surface area contributed by atoms with E-state index < -0.39 is 27.0 Å². The largest absolute Gasteiger partial charge is 0.460 e. The van der Waals surface area contributed by atoms with E-state index in [1.54, 1.807) is 25.2 Å². The Kier molecular flexibility index (Phi) is 8.32. The summed E-state index contributed by atoms with van der Waals surface area (Å²) in [6.45, 7) is 7.73. The first kappa shape index (κ1) is 30.3. The SMILES string of the molecule is CN1CCN(S(=O)(=O)c2cccc(-c3csc(N(C)C(=O)C4(CC(=O)OC(C)(C)C)Cc5ccccc5C4)n3)c2)CC1. The first-order valence-electron chi connectivity index (χ1n) is 14.1. The molecule has 0 unspecified atom stereocenters. The molecule has 0 bridgehead atoms. The van der Waals surface area contributed by atoms with Crippen LogP contribution in [0.5, 0.6) is 0 Å². The number of rotatable bonds is 7. The summed E-state index contributed by atoms with van der Waals surface area (Å²) in [5, 5.41) is 2.30. The van der Waals surface area contributed by atoms with Gasteiger partial charge in [0.15, 0.2) is 5.13 Å². The summed E-state index contributed by atoms with van der Waals surface area (Å²) in [6.07, 6.45) is 0.846. The maximum Gasteiger partial charge on any atom is 0.307 e. The van der Waals surface area contributed by atoms with E-state index in [2.05, 4.69) is 4.90 Å². The fourth-order valence-corrected chi connectivity index (χ4v) is 7.95. The number of carbonyl (C=O) groups excluding carboxylic acids is 2. The molecular formula is C31H38N4O5S2. The van der Waals surface area contributed by atoms with E-state index in [0.29, 0.717) is 55.4 Å². The number of hydrogen-bond donors (Lipinski definition) is 0. The normalized spacial score (nSPS) is 17.5. The lowest BCUT2D eigenvalue weighted by atomic mass is 9.80. The molecule has 1 aliphatic carbocycles. The van der Waals surface area contributed by atoms with Gasteiger partial charge in [0.25, 0.3) is 0 Å². The molecule has 224 valence electrons. The Morgan fingerprint density at radius 3 is 2.29 bits per heavy atom. The lowest BCUT2D eigenvalue weighted by Gasteiger charge is -2.32. The van der Waals surface area contributed by atoms with Crippen molar-refractivity contribution in [3.63, 3.8) is 0 Å². The lowest BCUT2D eigenvalue weighted by Crippen LogP contribution is -2.47. The van der Waals surface area contributed by atoms with Gasteiger partial charge in [-0.05, 0) is 63.9 Å². The van der Waals surface area contributed by atoms with Gasteiger partial charge in [0.2, 0.25) is 15.9 Å². The van der Waals surface area contributed by atoms with Crippen LogP contribution in [0.4, 0.5) is 5.13 Å². The number of carbonyl (C=O) groups is 2. The van der Waals surface area contributed by atoms with E-state index >= 15 is 0 Å². The highest BCUT2D eigenvalue weighted by molar-refractivity contribution is 7.89. The standard InChI is InChI=1S/C31H38N4O5S2/c1-30(2,3)40-27(36)20-31(18-23-9-6-7-10-24(23)19-31)28(37)34(5)29-32-26(21-41-29)22-11-8-12-25(17-22)42(38,39)35-15-13-33(4)14-16-35/h6-12,17,21H,13-16,18-20H2,1-5H3. The highest BCUT2D eigenvalue weighted by Crippen LogP contribution is 2.43. The van der Waals surface area contributed by atoms with Gasteiger partial charge in [-0.15, -0.1) is 11.3 Å². The zero-order chi connectivity index (χ0) is 30.3. The molecule has 1 aliphatic heterocycles. The van der Waals surface area contributed by atoms with Crippen LogP contribution in [0, 0.1) is 5.41 Å². The topological polar surface area (TPSA) is 100 Å². The van der Waals surface area contributed by atoms with Crippen LogP contribution in [-0.4, -0.2) is 80.4 Å². The van der Waals surface area contributed by atoms with Crippen LogP contribution in [0.1, 0.15) is 38.3 Å². The van der Waals surface area contributed by atoms with Gasteiger partial charge in [-0.2, -0.15) is 4.31 Å². The molecule has 1 aromatic heterocycles. The van der Waals surface area contributed by atoms with Gasteiger partial charge >= 0.3 is 5.97 Å². The van der Waals surface area contributed by atoms with Crippen molar-refractivity contribution in [1.82, 2.24) is 14.2 Å². The average molecular weight is 611 g/mol. The Bertz CT molecular complexity index is 1560. The lowest BCUT2D eigenvalue weighted by molar-refractivity contribution is -0.159. The Hall–Kier alpha value is -3.12. The maximum atomic E-state index is 14.2. The van der Waals surface area contributed by atoms with E-state index in [4.69, 9.17) is 9.72 Å². The van der Waals surface area contributed by atoms with E-state index in [9.17, 15) is 18.0 Å². The molecule has 1 saturated heterocycles. The number of amides is 1. The number of benzene rings is 2. The Labute approximate surface area is 252 Å². The molecule has 5 rings (SSSR count). The van der Waals surface area contributed by atoms with Crippen LogP contribution >= 0.6 is 11.3 Å². The minimum atomic E-state index is -3.64. The Balaban J connectivity index is 1.39. The zero-order valence-corrected chi connectivity index (χ0v) is 26.4. The molecule has 9 nitrogen and oxygen atoms in total. The predicted octanol–water partition coefficient (Wildman–Crippen LogP) is 4.23. The van der Waals surface area contributed by atoms with Gasteiger partial charge in [0.05, 0.1) is 22.4 Å². The number of esters is 1. The second-order valence-electron chi connectivity index (χ2n) is 12.3. The van der Waals surface area contributed by atoms with Crippen LogP contribution in [0.2, 0.25) is 0 Å². The minimum absolute atomic E-state index is 0.0352. The van der Waals surface area contributed by atoms with Crippen LogP contribution in [0.15, 0.2) is 58.8 Å². The van der Waals surface area contributed by atoms with Crippen molar-refractivity contribution in [2.24, 2.45) is 5.41 Å². The quantitative estimate of drug-likeness (QED) is 0.369. The predicted molar refractivity (Wildman–Crippen MR) is 164 cm³/mol. The second-order valence-corrected chi connectivity index (χ2v) is 15.1. The second kappa shape index (κ2) is 11.5. The summed E-state index contributed by atoms with van der Waals surface area (Å²) in [5.74, 6) is -0.605. The molecule has 0 N–H and O–H groups in total. The molecule has 0 atom stereocenters. The molecule has 1 amide bonds. The molecular weight excluding hydrogens is 572 g/mol. The molecule has 0 radical (unpaired) electrons. The Morgan fingerprint density at radius 1 is 1.02 bits per heavy atom. The van der Waals surface area contributed by atoms with Crippen LogP contribution in [0.25, 0.3) is 11.3 Å². The molecule has 3 aromatic rings. The van der Waals surface area contributed by atoms with Crippen molar-refractivity contribution < 1.29 is 22.7 Å². The summed E-state index contributed by atoms with van der Waals surface area (Å²) >= 11 is 1.31. The highest BCUT2D eigenvalue weighted by Gasteiger charge is 2.48. The number of aromatic nitrogens is 1. The number of ether oxygens (including phenoxy) is 1. The monoisotopic (exact) mass is 610 g/mol. The number of hydrogen-bond acceptors (Lipinski definition) is 8. The first-order valence-corrected chi connectivity index (χ1v) is 16.4. The van der Waals surface area contributed by atoms with E-state index in [1.807, 2.05) is 63.5 Å². The van der Waals surface area contributed by atoms with Gasteiger partial charge in [0, 0.05) is 44.2 Å². The molecule has 1 fully saturated rings. The molecule has 11 heteroatoms. The van der Waals surface area contributed by atoms with Crippen molar-refractivity contribution in [3.8, 4) is 11.3 Å². The summed E-state index contributed by atoms with van der Waals surface area (Å²) in [6, 6.07) is 14.7. The molecule has 42 heavy (non-hydrogen) atoms. The number of nitrogens with zero attached hydrogens (tertiary/aromatic N) is 4. The number of sulfonamides is 1. The van der Waals surface area contributed by atoms with Crippen LogP contribution in [0.3, 0.4) is 0 Å². The van der Waals surface area contributed by atoms with Gasteiger partial charge in [-0.3, -0.25) is 14.5 Å². The van der Waals surface area contributed by atoms with Crippen molar-refractivity contribution in [3.05, 3.63) is 65.0 Å². The van der Waals surface area contributed by atoms with E-state index in [1.165, 1.54) is 20.5 Å². The molecule has 0 spiro atoms. The fraction of sp³-hybridized carbons (Fsp3) is 0.452. The van der Waals surface area contributed by atoms with E-state index in [0.717, 1.165) is 11.1 Å². The number of likely N-dealkylation sites (N-methyl/N-ethyl adjacent to an activating group) is 1. The number of fused-ring (bicyclic) bond motifs is 1.